The number of nitrogens with one attached hydrogen (secondary N) is 1. The average molecular weight is 439 g/mol. The van der Waals surface area contributed by atoms with E-state index in [-0.39, 0.29) is 29.9 Å². The summed E-state index contributed by atoms with van der Waals surface area (Å²) in [6.07, 6.45) is 0. The minimum Gasteiger partial charge on any atom is -0.497 e. The first kappa shape index (κ1) is 23.0. The lowest BCUT2D eigenvalue weighted by molar-refractivity contribution is -0.138. The topological polar surface area (TPSA) is 58.6 Å². The molecule has 0 fully saturated rings. The molecule has 5 nitrogen and oxygen atoms in total. The van der Waals surface area contributed by atoms with Crippen LogP contribution in [0.4, 0.5) is 4.39 Å². The number of ether oxygens (including phenoxy) is 1. The number of hydrogen-bond donors (Lipinski definition) is 1. The summed E-state index contributed by atoms with van der Waals surface area (Å²) < 4.78 is 19.1. The molecular weight excluding hydrogens is 415 g/mol. The van der Waals surface area contributed by atoms with E-state index in [2.05, 4.69) is 5.32 Å². The van der Waals surface area contributed by atoms with E-state index in [9.17, 15) is 14.0 Å². The second kappa shape index (κ2) is 11.1. The van der Waals surface area contributed by atoms with Gasteiger partial charge in [-0.2, -0.15) is 0 Å². The third kappa shape index (κ3) is 6.37. The third-order valence-corrected chi connectivity index (χ3v) is 5.73. The van der Waals surface area contributed by atoms with Crippen LogP contribution in [0.1, 0.15) is 18.1 Å². The van der Waals surface area contributed by atoms with E-state index in [1.165, 1.54) is 35.8 Å². The van der Waals surface area contributed by atoms with Gasteiger partial charge in [0, 0.05) is 29.9 Å². The minimum absolute atomic E-state index is 0.0932. The fourth-order valence-electron chi connectivity index (χ4n) is 2.75. The fourth-order valence-corrected chi connectivity index (χ4v) is 4.00. The molecule has 0 heterocycles. The zero-order valence-electron chi connectivity index (χ0n) is 16.6. The van der Waals surface area contributed by atoms with Gasteiger partial charge in [-0.25, -0.2) is 4.39 Å². The quantitative estimate of drug-likeness (QED) is 0.645. The zero-order chi connectivity index (χ0) is 21.4. The van der Waals surface area contributed by atoms with Gasteiger partial charge in [-0.15, -0.1) is 11.8 Å². The molecular formula is C21H24ClFN2O3S. The summed E-state index contributed by atoms with van der Waals surface area (Å²) in [4.78, 5) is 26.5. The van der Waals surface area contributed by atoms with Crippen LogP contribution in [0.25, 0.3) is 0 Å². The van der Waals surface area contributed by atoms with E-state index in [4.69, 9.17) is 16.3 Å². The number of nitrogens with zero attached hydrogens (tertiary/aromatic N) is 1. The number of benzene rings is 2. The van der Waals surface area contributed by atoms with Gasteiger partial charge >= 0.3 is 0 Å². The zero-order valence-corrected chi connectivity index (χ0v) is 18.1. The van der Waals surface area contributed by atoms with Crippen molar-refractivity contribution in [2.45, 2.75) is 25.3 Å². The Balaban J connectivity index is 2.10. The average Bonchev–Trinajstić information content (AvgIpc) is 2.73. The van der Waals surface area contributed by atoms with Crippen LogP contribution >= 0.6 is 23.4 Å². The van der Waals surface area contributed by atoms with Crippen LogP contribution in [0.15, 0.2) is 42.5 Å². The Morgan fingerprint density at radius 1 is 1.28 bits per heavy atom. The van der Waals surface area contributed by atoms with Gasteiger partial charge in [-0.3, -0.25) is 9.59 Å². The molecule has 0 aromatic heterocycles. The van der Waals surface area contributed by atoms with Crippen LogP contribution in [-0.4, -0.2) is 42.7 Å². The molecule has 2 aromatic carbocycles. The van der Waals surface area contributed by atoms with Crippen LogP contribution in [0.2, 0.25) is 5.02 Å². The molecule has 1 unspecified atom stereocenters. The predicted octanol–water partition coefficient (Wildman–Crippen LogP) is 3.88. The van der Waals surface area contributed by atoms with Crippen molar-refractivity contribution >= 4 is 35.2 Å². The molecule has 0 bridgehead atoms. The van der Waals surface area contributed by atoms with Gasteiger partial charge in [-0.05, 0) is 36.8 Å². The molecule has 156 valence electrons. The summed E-state index contributed by atoms with van der Waals surface area (Å²) in [5.41, 5.74) is 1.21. The lowest BCUT2D eigenvalue weighted by Crippen LogP contribution is -2.47. The van der Waals surface area contributed by atoms with Gasteiger partial charge in [-0.1, -0.05) is 29.8 Å². The minimum atomic E-state index is -0.656. The monoisotopic (exact) mass is 438 g/mol. The smallest absolute Gasteiger partial charge is 0.242 e. The largest absolute Gasteiger partial charge is 0.497 e. The van der Waals surface area contributed by atoms with Crippen molar-refractivity contribution in [3.05, 3.63) is 64.4 Å². The normalized spacial score (nSPS) is 11.6. The first-order valence-electron chi connectivity index (χ1n) is 9.02. The lowest BCUT2D eigenvalue weighted by atomic mass is 10.1. The number of methoxy groups -OCH3 is 1. The lowest BCUT2D eigenvalue weighted by Gasteiger charge is -2.28. The van der Waals surface area contributed by atoms with Crippen molar-refractivity contribution in [1.82, 2.24) is 10.2 Å². The van der Waals surface area contributed by atoms with Gasteiger partial charge < -0.3 is 15.0 Å². The predicted molar refractivity (Wildman–Crippen MR) is 115 cm³/mol. The van der Waals surface area contributed by atoms with Gasteiger partial charge in [0.15, 0.2) is 0 Å². The maximum atomic E-state index is 13.9. The van der Waals surface area contributed by atoms with Crippen LogP contribution in [0.3, 0.4) is 0 Å². The van der Waals surface area contributed by atoms with Crippen LogP contribution in [0.5, 0.6) is 5.75 Å². The third-order valence-electron chi connectivity index (χ3n) is 4.43. The molecule has 0 aliphatic carbocycles. The van der Waals surface area contributed by atoms with Crippen molar-refractivity contribution in [3.63, 3.8) is 0 Å². The number of carbonyl (C=O) groups excluding carboxylic acids is 2. The molecule has 8 heteroatoms. The van der Waals surface area contributed by atoms with E-state index >= 15 is 0 Å². The molecule has 1 N–H and O–H groups in total. The molecule has 1 atom stereocenters. The molecule has 0 saturated carbocycles. The van der Waals surface area contributed by atoms with Crippen molar-refractivity contribution in [2.24, 2.45) is 0 Å². The first-order chi connectivity index (χ1) is 13.9. The van der Waals surface area contributed by atoms with Crippen molar-refractivity contribution in [1.29, 1.82) is 0 Å². The highest BCUT2D eigenvalue weighted by atomic mass is 35.5. The van der Waals surface area contributed by atoms with E-state index in [0.717, 1.165) is 5.56 Å². The standard InChI is InChI=1S/C21H24ClFN2O3S/c1-14(21(27)24-2)25(11-15-6-4-7-16(10-15)28-3)20(26)13-29-12-17-18(22)8-5-9-19(17)23/h4-10,14H,11-13H2,1-3H3,(H,24,27). The summed E-state index contributed by atoms with van der Waals surface area (Å²) in [5.74, 6) is 0.148. The number of amides is 2. The SMILES string of the molecule is CNC(=O)C(C)N(Cc1cccc(OC)c1)C(=O)CSCc1c(F)cccc1Cl. The number of halogens is 2. The Morgan fingerprint density at radius 3 is 2.66 bits per heavy atom. The van der Waals surface area contributed by atoms with Crippen molar-refractivity contribution in [2.75, 3.05) is 19.9 Å². The van der Waals surface area contributed by atoms with Gasteiger partial charge in [0.25, 0.3) is 0 Å². The molecule has 2 amide bonds. The van der Waals surface area contributed by atoms with Crippen LogP contribution in [0, 0.1) is 5.82 Å². The van der Waals surface area contributed by atoms with E-state index in [1.54, 1.807) is 20.1 Å². The fraction of sp³-hybridized carbons (Fsp3) is 0.333. The summed E-state index contributed by atoms with van der Waals surface area (Å²) in [5, 5.41) is 2.90. The van der Waals surface area contributed by atoms with Crippen molar-refractivity contribution in [3.8, 4) is 5.75 Å². The van der Waals surface area contributed by atoms with Gasteiger partial charge in [0.1, 0.15) is 17.6 Å². The molecule has 29 heavy (non-hydrogen) atoms. The summed E-state index contributed by atoms with van der Waals surface area (Å²) in [6, 6.07) is 11.2. The Hall–Kier alpha value is -2.25. The number of rotatable bonds is 9. The Kier molecular flexibility index (Phi) is 8.79. The molecule has 0 saturated heterocycles. The Bertz CT molecular complexity index is 845. The van der Waals surface area contributed by atoms with Gasteiger partial charge in [0.2, 0.25) is 11.8 Å². The maximum Gasteiger partial charge on any atom is 0.242 e. The van der Waals surface area contributed by atoms with E-state index in [1.807, 2.05) is 24.3 Å². The molecule has 0 spiro atoms. The summed E-state index contributed by atoms with van der Waals surface area (Å²) in [7, 11) is 3.10. The molecule has 0 aliphatic rings. The van der Waals surface area contributed by atoms with Crippen LogP contribution < -0.4 is 10.1 Å². The first-order valence-corrected chi connectivity index (χ1v) is 10.5. The number of likely N-dealkylation sites (N-methyl/N-ethyl adjacent to an activating group) is 1. The Morgan fingerprint density at radius 2 is 2.00 bits per heavy atom. The highest BCUT2D eigenvalue weighted by molar-refractivity contribution is 7.99. The summed E-state index contributed by atoms with van der Waals surface area (Å²) >= 11 is 7.29. The van der Waals surface area contributed by atoms with Crippen LogP contribution in [-0.2, 0) is 21.9 Å². The van der Waals surface area contributed by atoms with Crippen molar-refractivity contribution < 1.29 is 18.7 Å². The Labute approximate surface area is 179 Å². The second-order valence-electron chi connectivity index (χ2n) is 6.36. The highest BCUT2D eigenvalue weighted by Gasteiger charge is 2.25. The number of carbonyl (C=O) groups is 2. The second-order valence-corrected chi connectivity index (χ2v) is 7.75. The number of thioether (sulfide) groups is 1. The van der Waals surface area contributed by atoms with E-state index in [0.29, 0.717) is 16.3 Å². The molecule has 2 rings (SSSR count). The molecule has 0 radical (unpaired) electrons. The van der Waals surface area contributed by atoms with Gasteiger partial charge in [0.05, 0.1) is 12.9 Å². The number of hydrogen-bond acceptors (Lipinski definition) is 4. The highest BCUT2D eigenvalue weighted by Crippen LogP contribution is 2.24. The molecule has 2 aromatic rings. The maximum absolute atomic E-state index is 13.9. The summed E-state index contributed by atoms with van der Waals surface area (Å²) in [6.45, 7) is 1.93. The van der Waals surface area contributed by atoms with E-state index < -0.39 is 11.9 Å². The molecule has 0 aliphatic heterocycles.